The monoisotopic (exact) mass is 436 g/mol. The second-order valence-electron chi connectivity index (χ2n) is 8.82. The summed E-state index contributed by atoms with van der Waals surface area (Å²) >= 11 is 5.48. The van der Waals surface area contributed by atoms with Gasteiger partial charge in [-0.05, 0) is 85.8 Å². The van der Waals surface area contributed by atoms with Gasteiger partial charge in [0, 0.05) is 49.7 Å². The molecule has 4 rings (SSSR count). The zero-order valence-corrected chi connectivity index (χ0v) is 19.3. The van der Waals surface area contributed by atoms with Crippen LogP contribution in [0.1, 0.15) is 43.7 Å². The molecule has 0 bridgehead atoms. The molecule has 0 saturated carbocycles. The smallest absolute Gasteiger partial charge is 0.227 e. The van der Waals surface area contributed by atoms with E-state index in [4.69, 9.17) is 12.2 Å². The highest BCUT2D eigenvalue weighted by molar-refractivity contribution is 7.80. The van der Waals surface area contributed by atoms with Gasteiger partial charge in [0.2, 0.25) is 5.91 Å². The molecule has 31 heavy (non-hydrogen) atoms. The van der Waals surface area contributed by atoms with Gasteiger partial charge < -0.3 is 20.4 Å². The number of nitrogens with zero attached hydrogens (tertiary/aromatic N) is 2. The molecule has 2 N–H and O–H groups in total. The number of rotatable bonds is 5. The summed E-state index contributed by atoms with van der Waals surface area (Å²) in [6.45, 7) is 8.16. The van der Waals surface area contributed by atoms with E-state index in [1.54, 1.807) is 0 Å². The number of carbonyl (C=O) groups is 1. The predicted octanol–water partition coefficient (Wildman–Crippen LogP) is 4.84. The molecule has 2 aromatic carbocycles. The first-order chi connectivity index (χ1) is 15.0. The molecule has 164 valence electrons. The molecule has 6 heteroatoms. The second-order valence-corrected chi connectivity index (χ2v) is 9.23. The lowest BCUT2D eigenvalue weighted by atomic mass is 9.99. The van der Waals surface area contributed by atoms with E-state index < -0.39 is 0 Å². The van der Waals surface area contributed by atoms with Crippen LogP contribution in [0.4, 0.5) is 17.1 Å². The SMILES string of the molecule is Cc1cc(NC(=S)NCc2ccc(N3CCC[C@@H](C)C3)cc2)ccc1N1CCCC1=O. The van der Waals surface area contributed by atoms with Gasteiger partial charge in [-0.2, -0.15) is 0 Å². The highest BCUT2D eigenvalue weighted by Gasteiger charge is 2.23. The third-order valence-corrected chi connectivity index (χ3v) is 6.48. The lowest BCUT2D eigenvalue weighted by Gasteiger charge is -2.32. The Morgan fingerprint density at radius 1 is 1.13 bits per heavy atom. The standard InChI is InChI=1S/C25H32N4OS/c1-18-5-3-13-28(17-18)22-10-7-20(8-11-22)16-26-25(31)27-21-9-12-23(19(2)15-21)29-14-4-6-24(29)30/h7-12,15,18H,3-6,13-14,16-17H2,1-2H3,(H2,26,27,31)/t18-/m1/s1. The number of piperidine rings is 1. The van der Waals surface area contributed by atoms with Gasteiger partial charge in [0.1, 0.15) is 0 Å². The van der Waals surface area contributed by atoms with Crippen LogP contribution in [0.5, 0.6) is 0 Å². The van der Waals surface area contributed by atoms with E-state index in [1.807, 2.05) is 30.0 Å². The van der Waals surface area contributed by atoms with Crippen molar-refractivity contribution < 1.29 is 4.79 Å². The van der Waals surface area contributed by atoms with Crippen LogP contribution in [0.15, 0.2) is 42.5 Å². The Balaban J connectivity index is 1.29. The van der Waals surface area contributed by atoms with Crippen LogP contribution in [0, 0.1) is 12.8 Å². The quantitative estimate of drug-likeness (QED) is 0.657. The lowest BCUT2D eigenvalue weighted by molar-refractivity contribution is -0.117. The third-order valence-electron chi connectivity index (χ3n) is 6.23. The molecule has 2 heterocycles. The maximum atomic E-state index is 12.0. The summed E-state index contributed by atoms with van der Waals surface area (Å²) in [5.74, 6) is 0.980. The van der Waals surface area contributed by atoms with Crippen molar-refractivity contribution in [3.8, 4) is 0 Å². The number of carbonyl (C=O) groups excluding carboxylic acids is 1. The number of thiocarbonyl (C=S) groups is 1. The Bertz CT molecular complexity index is 943. The van der Waals surface area contributed by atoms with E-state index in [-0.39, 0.29) is 5.91 Å². The van der Waals surface area contributed by atoms with Crippen LogP contribution in [0.3, 0.4) is 0 Å². The first-order valence-corrected chi connectivity index (χ1v) is 11.7. The van der Waals surface area contributed by atoms with Crippen LogP contribution in [-0.4, -0.2) is 30.7 Å². The van der Waals surface area contributed by atoms with Crippen LogP contribution in [0.25, 0.3) is 0 Å². The van der Waals surface area contributed by atoms with Crippen LogP contribution >= 0.6 is 12.2 Å². The number of nitrogens with one attached hydrogen (secondary N) is 2. The Labute approximate surface area is 190 Å². The number of hydrogen-bond donors (Lipinski definition) is 2. The van der Waals surface area contributed by atoms with Crippen molar-refractivity contribution in [1.29, 1.82) is 0 Å². The minimum absolute atomic E-state index is 0.210. The molecule has 5 nitrogen and oxygen atoms in total. The van der Waals surface area contributed by atoms with Gasteiger partial charge in [0.25, 0.3) is 0 Å². The first-order valence-electron chi connectivity index (χ1n) is 11.3. The van der Waals surface area contributed by atoms with Crippen LogP contribution in [0.2, 0.25) is 0 Å². The molecule has 2 aromatic rings. The third kappa shape index (κ3) is 5.37. The highest BCUT2D eigenvalue weighted by atomic mass is 32.1. The minimum Gasteiger partial charge on any atom is -0.371 e. The van der Waals surface area contributed by atoms with Crippen molar-refractivity contribution in [2.75, 3.05) is 34.8 Å². The zero-order chi connectivity index (χ0) is 21.8. The molecule has 2 aliphatic rings. The minimum atomic E-state index is 0.210. The second kappa shape index (κ2) is 9.69. The van der Waals surface area contributed by atoms with Gasteiger partial charge in [-0.15, -0.1) is 0 Å². The number of amides is 1. The molecule has 0 unspecified atom stereocenters. The molecule has 0 spiro atoms. The Morgan fingerprint density at radius 3 is 2.61 bits per heavy atom. The Morgan fingerprint density at radius 2 is 1.94 bits per heavy atom. The number of aryl methyl sites for hydroxylation is 1. The van der Waals surface area contributed by atoms with E-state index >= 15 is 0 Å². The number of benzene rings is 2. The van der Waals surface area contributed by atoms with E-state index in [9.17, 15) is 4.79 Å². The largest absolute Gasteiger partial charge is 0.371 e. The molecule has 0 aliphatic carbocycles. The molecular weight excluding hydrogens is 404 g/mol. The average Bonchev–Trinajstić information content (AvgIpc) is 3.18. The fourth-order valence-corrected chi connectivity index (χ4v) is 4.74. The van der Waals surface area contributed by atoms with Crippen molar-refractivity contribution in [1.82, 2.24) is 5.32 Å². The van der Waals surface area contributed by atoms with E-state index in [2.05, 4.69) is 46.7 Å². The van der Waals surface area contributed by atoms with Crippen molar-refractivity contribution >= 4 is 40.3 Å². The van der Waals surface area contributed by atoms with Gasteiger partial charge >= 0.3 is 0 Å². The van der Waals surface area contributed by atoms with Crippen LogP contribution in [-0.2, 0) is 11.3 Å². The fourth-order valence-electron chi connectivity index (χ4n) is 4.55. The number of hydrogen-bond acceptors (Lipinski definition) is 3. The molecule has 1 amide bonds. The first kappa shape index (κ1) is 21.6. The van der Waals surface area contributed by atoms with E-state index in [0.29, 0.717) is 18.1 Å². The summed E-state index contributed by atoms with van der Waals surface area (Å²) in [6, 6.07) is 14.8. The summed E-state index contributed by atoms with van der Waals surface area (Å²) in [6.07, 6.45) is 4.19. The molecule has 2 fully saturated rings. The zero-order valence-electron chi connectivity index (χ0n) is 18.5. The Kier molecular flexibility index (Phi) is 6.76. The topological polar surface area (TPSA) is 47.6 Å². The van der Waals surface area contributed by atoms with Crippen molar-refractivity contribution in [2.45, 2.75) is 46.1 Å². The molecule has 2 saturated heterocycles. The summed E-state index contributed by atoms with van der Waals surface area (Å²) in [5.41, 5.74) is 5.51. The molecule has 0 aromatic heterocycles. The van der Waals surface area contributed by atoms with E-state index in [1.165, 1.54) is 24.1 Å². The van der Waals surface area contributed by atoms with Crippen molar-refractivity contribution in [2.24, 2.45) is 5.92 Å². The summed E-state index contributed by atoms with van der Waals surface area (Å²) in [5, 5.41) is 7.15. The summed E-state index contributed by atoms with van der Waals surface area (Å²) in [7, 11) is 0. The maximum absolute atomic E-state index is 12.0. The average molecular weight is 437 g/mol. The van der Waals surface area contributed by atoms with Gasteiger partial charge in [-0.3, -0.25) is 4.79 Å². The lowest BCUT2D eigenvalue weighted by Crippen LogP contribution is -2.34. The summed E-state index contributed by atoms with van der Waals surface area (Å²) in [4.78, 5) is 16.4. The molecule has 0 radical (unpaired) electrons. The van der Waals surface area contributed by atoms with Crippen molar-refractivity contribution in [3.63, 3.8) is 0 Å². The maximum Gasteiger partial charge on any atom is 0.227 e. The van der Waals surface area contributed by atoms with Gasteiger partial charge in [0.15, 0.2) is 5.11 Å². The van der Waals surface area contributed by atoms with Gasteiger partial charge in [0.05, 0.1) is 0 Å². The molecule has 1 atom stereocenters. The van der Waals surface area contributed by atoms with Gasteiger partial charge in [-0.25, -0.2) is 0 Å². The number of anilines is 3. The molecule has 2 aliphatic heterocycles. The Hall–Kier alpha value is -2.60. The normalized spacial score (nSPS) is 18.9. The fraction of sp³-hybridized carbons (Fsp3) is 0.440. The summed E-state index contributed by atoms with van der Waals surface area (Å²) < 4.78 is 0. The van der Waals surface area contributed by atoms with E-state index in [0.717, 1.165) is 48.9 Å². The van der Waals surface area contributed by atoms with Crippen molar-refractivity contribution in [3.05, 3.63) is 53.6 Å². The van der Waals surface area contributed by atoms with Crippen LogP contribution < -0.4 is 20.4 Å². The predicted molar refractivity (Wildman–Crippen MR) is 133 cm³/mol. The molecular formula is C25H32N4OS. The van der Waals surface area contributed by atoms with Gasteiger partial charge in [-0.1, -0.05) is 19.1 Å². The highest BCUT2D eigenvalue weighted by Crippen LogP contribution is 2.27.